The number of benzene rings is 1. The van der Waals surface area contributed by atoms with E-state index < -0.39 is 17.7 Å². The van der Waals surface area contributed by atoms with E-state index in [9.17, 15) is 9.90 Å². The maximum Gasteiger partial charge on any atom is 0.340 e. The average molecular weight is 376 g/mol. The Bertz CT molecular complexity index is 850. The maximum absolute atomic E-state index is 12.5. The van der Waals surface area contributed by atoms with Crippen LogP contribution in [0.5, 0.6) is 0 Å². The highest BCUT2D eigenvalue weighted by Gasteiger charge is 2.51. The van der Waals surface area contributed by atoms with E-state index in [1.165, 1.54) is 36.8 Å². The van der Waals surface area contributed by atoms with Crippen LogP contribution in [-0.4, -0.2) is 17.4 Å². The van der Waals surface area contributed by atoms with Crippen molar-refractivity contribution >= 4 is 5.97 Å². The number of carbonyl (C=O) groups excluding carboxylic acids is 1. The molecular formula is C25H28O3. The fourth-order valence-electron chi connectivity index (χ4n) is 6.12. The first-order valence-corrected chi connectivity index (χ1v) is 10.7. The van der Waals surface area contributed by atoms with Crippen molar-refractivity contribution in [1.82, 2.24) is 0 Å². The first kappa shape index (κ1) is 17.9. The van der Waals surface area contributed by atoms with Crippen LogP contribution in [0, 0.1) is 23.2 Å². The summed E-state index contributed by atoms with van der Waals surface area (Å²) in [4.78, 5) is 12.5. The molecule has 4 aliphatic carbocycles. The van der Waals surface area contributed by atoms with Gasteiger partial charge in [0.05, 0.1) is 11.0 Å². The second-order valence-corrected chi connectivity index (χ2v) is 8.85. The van der Waals surface area contributed by atoms with Crippen molar-refractivity contribution in [2.24, 2.45) is 23.2 Å². The summed E-state index contributed by atoms with van der Waals surface area (Å²) < 4.78 is 5.56. The maximum atomic E-state index is 12.5. The number of carbonyl (C=O) groups is 1. The van der Waals surface area contributed by atoms with Crippen LogP contribution in [0.1, 0.15) is 55.3 Å². The lowest BCUT2D eigenvalue weighted by atomic mass is 9.56. The number of hydrogen-bond acceptors (Lipinski definition) is 3. The summed E-state index contributed by atoms with van der Waals surface area (Å²) in [7, 11) is 0. The average Bonchev–Trinajstić information content (AvgIpc) is 3.20. The Balaban J connectivity index is 1.40. The van der Waals surface area contributed by atoms with Gasteiger partial charge in [-0.2, -0.15) is 0 Å². The molecule has 28 heavy (non-hydrogen) atoms. The Kier molecular flexibility index (Phi) is 4.51. The second-order valence-electron chi connectivity index (χ2n) is 8.85. The molecule has 5 rings (SSSR count). The Morgan fingerprint density at radius 1 is 1.14 bits per heavy atom. The minimum atomic E-state index is -1.16. The highest BCUT2D eigenvalue weighted by atomic mass is 16.6. The minimum absolute atomic E-state index is 0.464. The summed E-state index contributed by atoms with van der Waals surface area (Å²) in [5, 5.41) is 11.0. The van der Waals surface area contributed by atoms with Gasteiger partial charge in [-0.15, -0.1) is 0 Å². The lowest BCUT2D eigenvalue weighted by molar-refractivity contribution is -0.119. The van der Waals surface area contributed by atoms with Gasteiger partial charge in [0.25, 0.3) is 0 Å². The normalized spacial score (nSPS) is 34.4. The van der Waals surface area contributed by atoms with Gasteiger partial charge in [-0.3, -0.25) is 0 Å². The van der Waals surface area contributed by atoms with E-state index in [0.717, 1.165) is 31.1 Å². The smallest absolute Gasteiger partial charge is 0.340 e. The monoisotopic (exact) mass is 376 g/mol. The Labute approximate surface area is 166 Å². The summed E-state index contributed by atoms with van der Waals surface area (Å²) in [6.45, 7) is 0. The van der Waals surface area contributed by atoms with Crippen molar-refractivity contribution in [2.45, 2.75) is 51.2 Å². The number of allylic oxidation sites excluding steroid dienone is 4. The molecule has 0 aliphatic heterocycles. The summed E-state index contributed by atoms with van der Waals surface area (Å²) in [5.41, 5.74) is 2.48. The zero-order valence-electron chi connectivity index (χ0n) is 16.2. The number of rotatable bonds is 3. The molecule has 3 nitrogen and oxygen atoms in total. The lowest BCUT2D eigenvalue weighted by Crippen LogP contribution is -2.45. The first-order chi connectivity index (χ1) is 13.7. The number of aliphatic hydroxyl groups is 1. The van der Waals surface area contributed by atoms with Crippen molar-refractivity contribution in [2.75, 3.05) is 0 Å². The molecule has 2 unspecified atom stereocenters. The molecule has 1 aromatic carbocycles. The van der Waals surface area contributed by atoms with E-state index in [1.807, 2.05) is 12.1 Å². The number of esters is 1. The van der Waals surface area contributed by atoms with Crippen LogP contribution in [0.4, 0.5) is 0 Å². The second kappa shape index (κ2) is 7.04. The number of aliphatic hydroxyl groups excluding tert-OH is 1. The zero-order chi connectivity index (χ0) is 19.1. The van der Waals surface area contributed by atoms with Crippen LogP contribution in [0.2, 0.25) is 0 Å². The van der Waals surface area contributed by atoms with Crippen molar-refractivity contribution < 1.29 is 14.6 Å². The van der Waals surface area contributed by atoms with Crippen LogP contribution in [0.3, 0.4) is 0 Å². The predicted octanol–water partition coefficient (Wildman–Crippen LogP) is 5.19. The van der Waals surface area contributed by atoms with Gasteiger partial charge in [0.15, 0.2) is 0 Å². The summed E-state index contributed by atoms with van der Waals surface area (Å²) in [5.74, 6) is 1.77. The molecule has 1 N–H and O–H groups in total. The molecule has 0 spiro atoms. The Morgan fingerprint density at radius 3 is 2.82 bits per heavy atom. The molecule has 2 fully saturated rings. The molecular weight excluding hydrogens is 348 g/mol. The molecule has 0 amide bonds. The van der Waals surface area contributed by atoms with Gasteiger partial charge < -0.3 is 9.84 Å². The summed E-state index contributed by atoms with van der Waals surface area (Å²) in [6, 6.07) is 8.92. The molecule has 0 heterocycles. The van der Waals surface area contributed by atoms with Gasteiger partial charge in [0.2, 0.25) is 6.29 Å². The third-order valence-corrected chi connectivity index (χ3v) is 7.53. The number of ether oxygens (including phenoxy) is 1. The molecule has 0 aromatic heterocycles. The van der Waals surface area contributed by atoms with Crippen LogP contribution >= 0.6 is 0 Å². The largest absolute Gasteiger partial charge is 0.431 e. The van der Waals surface area contributed by atoms with Gasteiger partial charge in [0.1, 0.15) is 0 Å². The van der Waals surface area contributed by atoms with Crippen molar-refractivity contribution in [3.05, 3.63) is 71.3 Å². The van der Waals surface area contributed by atoms with Crippen LogP contribution in [0.25, 0.3) is 0 Å². The van der Waals surface area contributed by atoms with Gasteiger partial charge in [-0.25, -0.2) is 4.79 Å². The van der Waals surface area contributed by atoms with Gasteiger partial charge in [-0.1, -0.05) is 55.3 Å². The molecule has 0 bridgehead atoms. The first-order valence-electron chi connectivity index (χ1n) is 10.7. The Hall–Kier alpha value is -2.13. The SMILES string of the molecule is O=C(OC(O)[C@@]12C=CC=C1C1=CCC3CCCC[C@@H]3[C@H]1CC2)c1ccccc1. The van der Waals surface area contributed by atoms with Gasteiger partial charge in [0, 0.05) is 0 Å². The molecule has 0 saturated heterocycles. The standard InChI is InChI=1S/C25H28O3/c26-23(18-8-2-1-3-9-18)28-24(27)25-15-6-11-22(25)21-13-12-17-7-4-5-10-19(17)20(21)14-16-25/h1-3,6,8-9,11,13,15,17,19-20,24,27H,4-5,7,10,12,14,16H2/t17?,19-,20+,24?,25+/m0/s1. The molecule has 2 saturated carbocycles. The highest BCUT2D eigenvalue weighted by molar-refractivity contribution is 5.89. The van der Waals surface area contributed by atoms with Crippen LogP contribution in [0.15, 0.2) is 65.8 Å². The quantitative estimate of drug-likeness (QED) is 0.583. The topological polar surface area (TPSA) is 46.5 Å². The van der Waals surface area contributed by atoms with Crippen molar-refractivity contribution in [3.8, 4) is 0 Å². The zero-order valence-corrected chi connectivity index (χ0v) is 16.2. The highest BCUT2D eigenvalue weighted by Crippen LogP contribution is 2.58. The molecule has 146 valence electrons. The van der Waals surface area contributed by atoms with E-state index >= 15 is 0 Å². The molecule has 4 aliphatic rings. The van der Waals surface area contributed by atoms with Crippen LogP contribution in [-0.2, 0) is 4.74 Å². The number of fused-ring (bicyclic) bond motifs is 5. The van der Waals surface area contributed by atoms with Crippen molar-refractivity contribution in [1.29, 1.82) is 0 Å². The fourth-order valence-corrected chi connectivity index (χ4v) is 6.12. The fraction of sp³-hybridized carbons (Fsp3) is 0.480. The van der Waals surface area contributed by atoms with Gasteiger partial charge >= 0.3 is 5.97 Å². The third kappa shape index (κ3) is 2.79. The lowest BCUT2D eigenvalue weighted by Gasteiger charge is -2.49. The predicted molar refractivity (Wildman–Crippen MR) is 108 cm³/mol. The van der Waals surface area contributed by atoms with E-state index in [4.69, 9.17) is 4.74 Å². The molecule has 3 heteroatoms. The molecule has 1 aromatic rings. The summed E-state index contributed by atoms with van der Waals surface area (Å²) in [6.07, 6.45) is 16.0. The van der Waals surface area contributed by atoms with Crippen molar-refractivity contribution in [3.63, 3.8) is 0 Å². The summed E-state index contributed by atoms with van der Waals surface area (Å²) >= 11 is 0. The van der Waals surface area contributed by atoms with E-state index in [2.05, 4.69) is 18.2 Å². The molecule has 5 atom stereocenters. The number of hydrogen-bond donors (Lipinski definition) is 1. The van der Waals surface area contributed by atoms with Crippen LogP contribution < -0.4 is 0 Å². The minimum Gasteiger partial charge on any atom is -0.431 e. The van der Waals surface area contributed by atoms with E-state index in [1.54, 1.807) is 24.3 Å². The van der Waals surface area contributed by atoms with E-state index in [-0.39, 0.29) is 0 Å². The third-order valence-electron chi connectivity index (χ3n) is 7.53. The molecule has 0 radical (unpaired) electrons. The Morgan fingerprint density at radius 2 is 1.96 bits per heavy atom. The van der Waals surface area contributed by atoms with E-state index in [0.29, 0.717) is 11.5 Å². The van der Waals surface area contributed by atoms with Gasteiger partial charge in [-0.05, 0) is 73.1 Å².